The summed E-state index contributed by atoms with van der Waals surface area (Å²) in [6.07, 6.45) is 0.523. The molecule has 0 bridgehead atoms. The highest BCUT2D eigenvalue weighted by molar-refractivity contribution is 6.35. The van der Waals surface area contributed by atoms with Gasteiger partial charge in [-0.25, -0.2) is 4.79 Å². The van der Waals surface area contributed by atoms with Crippen molar-refractivity contribution in [2.45, 2.75) is 31.0 Å². The second-order valence-electron chi connectivity index (χ2n) is 6.48. The van der Waals surface area contributed by atoms with Gasteiger partial charge in [0.25, 0.3) is 0 Å². The van der Waals surface area contributed by atoms with E-state index >= 15 is 0 Å². The minimum Gasteiger partial charge on any atom is -0.480 e. The van der Waals surface area contributed by atoms with Gasteiger partial charge in [-0.3, -0.25) is 4.79 Å². The summed E-state index contributed by atoms with van der Waals surface area (Å²) in [6, 6.07) is 10.4. The van der Waals surface area contributed by atoms with Crippen LogP contribution in [0.5, 0.6) is 0 Å². The monoisotopic (exact) mass is 407 g/mol. The van der Waals surface area contributed by atoms with Gasteiger partial charge in [-0.15, -0.1) is 0 Å². The number of aliphatic carboxylic acids is 1. The van der Waals surface area contributed by atoms with Crippen molar-refractivity contribution in [1.29, 1.82) is 0 Å². The van der Waals surface area contributed by atoms with Crippen LogP contribution in [0.4, 0.5) is 5.69 Å². The van der Waals surface area contributed by atoms with Gasteiger partial charge in [-0.2, -0.15) is 0 Å². The maximum atomic E-state index is 12.6. The third-order valence-electron chi connectivity index (χ3n) is 4.49. The zero-order valence-corrected chi connectivity index (χ0v) is 15.8. The molecular weight excluding hydrogens is 389 g/mol. The minimum atomic E-state index is -1.02. The maximum absolute atomic E-state index is 12.6. The average molecular weight is 408 g/mol. The van der Waals surface area contributed by atoms with Crippen molar-refractivity contribution in [3.63, 3.8) is 0 Å². The quantitative estimate of drug-likeness (QED) is 0.609. The number of nitrogens with two attached hydrogens (primary N) is 1. The van der Waals surface area contributed by atoms with Gasteiger partial charge in [0.05, 0.1) is 12.1 Å². The molecule has 0 aromatic heterocycles. The van der Waals surface area contributed by atoms with E-state index in [0.717, 1.165) is 5.56 Å². The highest BCUT2D eigenvalue weighted by Crippen LogP contribution is 2.39. The zero-order chi connectivity index (χ0) is 19.6. The van der Waals surface area contributed by atoms with Gasteiger partial charge in [-0.05, 0) is 24.1 Å². The Balaban J connectivity index is 1.80. The average Bonchev–Trinajstić information content (AvgIpc) is 2.61. The van der Waals surface area contributed by atoms with Crippen molar-refractivity contribution in [1.82, 2.24) is 5.32 Å². The first-order valence-electron chi connectivity index (χ1n) is 8.43. The molecule has 0 radical (unpaired) electrons. The molecule has 0 spiro atoms. The Labute approximate surface area is 166 Å². The Kier molecular flexibility index (Phi) is 5.89. The van der Waals surface area contributed by atoms with Crippen LogP contribution < -0.4 is 16.4 Å². The van der Waals surface area contributed by atoms with Crippen molar-refractivity contribution in [3.8, 4) is 0 Å². The Morgan fingerprint density at radius 3 is 2.63 bits per heavy atom. The first-order valence-corrected chi connectivity index (χ1v) is 9.19. The van der Waals surface area contributed by atoms with E-state index in [-0.39, 0.29) is 12.3 Å². The standard InChI is InChI=1S/C19H19Cl2N3O3/c20-11-7-12(21)17-14(8-11)23-16(19(26)27)9-15(17)24-18(25)13(22)6-10-4-2-1-3-5-10/h1-5,7-8,13,15-16,23H,6,9,22H2,(H,24,25)(H,26,27)/t13-,15-,16-/m0/s1. The topological polar surface area (TPSA) is 104 Å². The number of amides is 1. The Hall–Kier alpha value is -2.28. The Morgan fingerprint density at radius 1 is 1.26 bits per heavy atom. The highest BCUT2D eigenvalue weighted by atomic mass is 35.5. The van der Waals surface area contributed by atoms with E-state index in [0.29, 0.717) is 27.7 Å². The van der Waals surface area contributed by atoms with Gasteiger partial charge < -0.3 is 21.5 Å². The number of benzene rings is 2. The van der Waals surface area contributed by atoms with Crippen molar-refractivity contribution in [3.05, 3.63) is 63.6 Å². The third-order valence-corrected chi connectivity index (χ3v) is 5.02. The Bertz CT molecular complexity index is 861. The van der Waals surface area contributed by atoms with Crippen molar-refractivity contribution >= 4 is 40.8 Å². The molecule has 0 unspecified atom stereocenters. The van der Waals surface area contributed by atoms with Gasteiger partial charge in [-0.1, -0.05) is 53.5 Å². The molecule has 6 nitrogen and oxygen atoms in total. The van der Waals surface area contributed by atoms with E-state index in [2.05, 4.69) is 10.6 Å². The van der Waals surface area contributed by atoms with Gasteiger partial charge in [0, 0.05) is 27.7 Å². The summed E-state index contributed by atoms with van der Waals surface area (Å²) < 4.78 is 0. The molecule has 1 amide bonds. The first kappa shape index (κ1) is 19.5. The van der Waals surface area contributed by atoms with E-state index < -0.39 is 24.1 Å². The first-order chi connectivity index (χ1) is 12.8. The van der Waals surface area contributed by atoms with Crippen LogP contribution in [0, 0.1) is 0 Å². The fourth-order valence-electron chi connectivity index (χ4n) is 3.19. The highest BCUT2D eigenvalue weighted by Gasteiger charge is 2.34. The molecule has 3 rings (SSSR count). The summed E-state index contributed by atoms with van der Waals surface area (Å²) in [6.45, 7) is 0. The van der Waals surface area contributed by atoms with Crippen molar-refractivity contribution in [2.24, 2.45) is 5.73 Å². The van der Waals surface area contributed by atoms with E-state index in [1.54, 1.807) is 12.1 Å². The van der Waals surface area contributed by atoms with Crippen LogP contribution in [0.15, 0.2) is 42.5 Å². The molecule has 2 aromatic carbocycles. The van der Waals surface area contributed by atoms with Crippen LogP contribution in [0.3, 0.4) is 0 Å². The largest absolute Gasteiger partial charge is 0.480 e. The number of fused-ring (bicyclic) bond motifs is 1. The lowest BCUT2D eigenvalue weighted by Gasteiger charge is -2.33. The molecule has 8 heteroatoms. The van der Waals surface area contributed by atoms with E-state index in [9.17, 15) is 14.7 Å². The number of hydrogen-bond acceptors (Lipinski definition) is 4. The van der Waals surface area contributed by atoms with Crippen molar-refractivity contribution in [2.75, 3.05) is 5.32 Å². The van der Waals surface area contributed by atoms with Gasteiger partial charge in [0.2, 0.25) is 5.91 Å². The van der Waals surface area contributed by atoms with Gasteiger partial charge in [0.1, 0.15) is 6.04 Å². The van der Waals surface area contributed by atoms with Crippen molar-refractivity contribution < 1.29 is 14.7 Å². The number of rotatable bonds is 5. The fourth-order valence-corrected chi connectivity index (χ4v) is 3.82. The molecule has 27 heavy (non-hydrogen) atoms. The number of nitrogens with one attached hydrogen (secondary N) is 2. The van der Waals surface area contributed by atoms with Gasteiger partial charge >= 0.3 is 5.97 Å². The second kappa shape index (κ2) is 8.17. The fraction of sp³-hybridized carbons (Fsp3) is 0.263. The lowest BCUT2D eigenvalue weighted by Crippen LogP contribution is -2.47. The van der Waals surface area contributed by atoms with E-state index in [4.69, 9.17) is 28.9 Å². The SMILES string of the molecule is N[C@@H](Cc1ccccc1)C(=O)N[C@H]1C[C@@H](C(=O)O)Nc2cc(Cl)cc(Cl)c21. The molecule has 5 N–H and O–H groups in total. The predicted molar refractivity (Wildman–Crippen MR) is 105 cm³/mol. The van der Waals surface area contributed by atoms with Crippen LogP contribution in [0.1, 0.15) is 23.6 Å². The summed E-state index contributed by atoms with van der Waals surface area (Å²) in [5.41, 5.74) is 8.09. The lowest BCUT2D eigenvalue weighted by molar-refractivity contribution is -0.138. The normalized spacial score (nSPS) is 19.5. The molecule has 1 heterocycles. The summed E-state index contributed by atoms with van der Waals surface area (Å²) >= 11 is 12.3. The molecule has 0 fully saturated rings. The molecule has 0 aliphatic carbocycles. The van der Waals surface area contributed by atoms with Crippen LogP contribution in [-0.2, 0) is 16.0 Å². The van der Waals surface area contributed by atoms with Crippen LogP contribution in [0.2, 0.25) is 10.0 Å². The molecule has 2 aromatic rings. The smallest absolute Gasteiger partial charge is 0.326 e. The van der Waals surface area contributed by atoms with E-state index in [1.165, 1.54) is 0 Å². The summed E-state index contributed by atoms with van der Waals surface area (Å²) in [4.78, 5) is 24.1. The summed E-state index contributed by atoms with van der Waals surface area (Å²) in [5.74, 6) is -1.39. The number of carbonyl (C=O) groups is 2. The number of carbonyl (C=O) groups excluding carboxylic acids is 1. The second-order valence-corrected chi connectivity index (χ2v) is 7.32. The lowest BCUT2D eigenvalue weighted by atomic mass is 9.92. The number of hydrogen-bond donors (Lipinski definition) is 4. The van der Waals surface area contributed by atoms with Gasteiger partial charge in [0.15, 0.2) is 0 Å². The third kappa shape index (κ3) is 4.53. The molecule has 1 aliphatic rings. The Morgan fingerprint density at radius 2 is 1.96 bits per heavy atom. The number of carboxylic acids is 1. The number of halogens is 2. The van der Waals surface area contributed by atoms with Crippen LogP contribution >= 0.6 is 23.2 Å². The molecule has 0 saturated carbocycles. The minimum absolute atomic E-state index is 0.146. The molecule has 1 aliphatic heterocycles. The summed E-state index contributed by atoms with van der Waals surface area (Å²) in [7, 11) is 0. The van der Waals surface area contributed by atoms with Crippen LogP contribution in [-0.4, -0.2) is 29.1 Å². The maximum Gasteiger partial charge on any atom is 0.326 e. The molecule has 142 valence electrons. The molecular formula is C19H19Cl2N3O3. The number of carboxylic acid groups (broad SMARTS) is 1. The zero-order valence-electron chi connectivity index (χ0n) is 14.3. The summed E-state index contributed by atoms with van der Waals surface area (Å²) in [5, 5.41) is 15.9. The number of anilines is 1. The predicted octanol–water partition coefficient (Wildman–Crippen LogP) is 2.99. The van der Waals surface area contributed by atoms with Crippen LogP contribution in [0.25, 0.3) is 0 Å². The molecule has 0 saturated heterocycles. The molecule has 3 atom stereocenters. The van der Waals surface area contributed by atoms with E-state index in [1.807, 2.05) is 30.3 Å².